The standard InChI is InChI=1S/C10H20N2O4S/c1-10(2,3)16-9(13)8-6-5-7-12(8)17(14,15)11-4/h8,11H,5-7H2,1-4H3/t8-/m1/s1. The van der Waals surface area contributed by atoms with Crippen molar-refractivity contribution in [2.45, 2.75) is 45.3 Å². The molecule has 100 valence electrons. The Balaban J connectivity index is 2.80. The molecule has 0 amide bonds. The summed E-state index contributed by atoms with van der Waals surface area (Å²) < 4.78 is 32.0. The number of nitrogens with one attached hydrogen (secondary N) is 1. The lowest BCUT2D eigenvalue weighted by Crippen LogP contribution is -2.47. The molecule has 0 saturated carbocycles. The molecule has 0 aromatic heterocycles. The van der Waals surface area contributed by atoms with Gasteiger partial charge in [-0.2, -0.15) is 12.7 Å². The highest BCUT2D eigenvalue weighted by molar-refractivity contribution is 7.87. The van der Waals surface area contributed by atoms with Crippen LogP contribution in [0.2, 0.25) is 0 Å². The van der Waals surface area contributed by atoms with Gasteiger partial charge in [-0.05, 0) is 33.6 Å². The number of hydrogen-bond donors (Lipinski definition) is 1. The minimum atomic E-state index is -3.57. The zero-order chi connectivity index (χ0) is 13.3. The molecule has 1 heterocycles. The summed E-state index contributed by atoms with van der Waals surface area (Å²) >= 11 is 0. The van der Waals surface area contributed by atoms with Crippen molar-refractivity contribution in [3.8, 4) is 0 Å². The predicted molar refractivity (Wildman–Crippen MR) is 63.6 cm³/mol. The Morgan fingerprint density at radius 1 is 1.41 bits per heavy atom. The van der Waals surface area contributed by atoms with E-state index in [2.05, 4.69) is 4.72 Å². The highest BCUT2D eigenvalue weighted by Gasteiger charge is 2.40. The molecule has 0 aromatic carbocycles. The molecule has 1 rings (SSSR count). The number of rotatable bonds is 3. The van der Waals surface area contributed by atoms with Crippen LogP contribution in [0.4, 0.5) is 0 Å². The van der Waals surface area contributed by atoms with Crippen LogP contribution in [0, 0.1) is 0 Å². The molecule has 6 nitrogen and oxygen atoms in total. The van der Waals surface area contributed by atoms with Crippen molar-refractivity contribution in [2.24, 2.45) is 0 Å². The van der Waals surface area contributed by atoms with Gasteiger partial charge in [0.25, 0.3) is 10.2 Å². The molecule has 1 aliphatic heterocycles. The van der Waals surface area contributed by atoms with Crippen LogP contribution in [-0.2, 0) is 19.7 Å². The smallest absolute Gasteiger partial charge is 0.325 e. The summed E-state index contributed by atoms with van der Waals surface area (Å²) in [5, 5.41) is 0. The predicted octanol–water partition coefficient (Wildman–Crippen LogP) is 0.257. The second kappa shape index (κ2) is 4.91. The van der Waals surface area contributed by atoms with E-state index in [0.717, 1.165) is 0 Å². The normalized spacial score (nSPS) is 22.7. The van der Waals surface area contributed by atoms with Crippen molar-refractivity contribution in [1.29, 1.82) is 0 Å². The van der Waals surface area contributed by atoms with Gasteiger partial charge >= 0.3 is 5.97 Å². The van der Waals surface area contributed by atoms with Gasteiger partial charge in [-0.25, -0.2) is 4.72 Å². The van der Waals surface area contributed by atoms with Crippen LogP contribution in [0.15, 0.2) is 0 Å². The molecular formula is C10H20N2O4S. The van der Waals surface area contributed by atoms with Gasteiger partial charge in [-0.1, -0.05) is 0 Å². The first-order valence-corrected chi connectivity index (χ1v) is 7.04. The van der Waals surface area contributed by atoms with E-state index in [1.807, 2.05) is 0 Å². The SMILES string of the molecule is CNS(=O)(=O)N1CCC[C@@H]1C(=O)OC(C)(C)C. The van der Waals surface area contributed by atoms with E-state index >= 15 is 0 Å². The number of hydrogen-bond acceptors (Lipinski definition) is 4. The maximum Gasteiger partial charge on any atom is 0.325 e. The van der Waals surface area contributed by atoms with Gasteiger partial charge in [-0.3, -0.25) is 4.79 Å². The van der Waals surface area contributed by atoms with E-state index in [9.17, 15) is 13.2 Å². The summed E-state index contributed by atoms with van der Waals surface area (Å²) in [5.74, 6) is -0.478. The summed E-state index contributed by atoms with van der Waals surface area (Å²) in [6, 6.07) is -0.702. The second-order valence-electron chi connectivity index (χ2n) is 5.01. The summed E-state index contributed by atoms with van der Waals surface area (Å²) in [5.41, 5.74) is -0.602. The summed E-state index contributed by atoms with van der Waals surface area (Å²) in [6.45, 7) is 5.64. The van der Waals surface area contributed by atoms with Crippen LogP contribution >= 0.6 is 0 Å². The van der Waals surface area contributed by atoms with Gasteiger partial charge in [-0.15, -0.1) is 0 Å². The topological polar surface area (TPSA) is 75.7 Å². The quantitative estimate of drug-likeness (QED) is 0.742. The van der Waals surface area contributed by atoms with Crippen molar-refractivity contribution in [3.63, 3.8) is 0 Å². The van der Waals surface area contributed by atoms with Crippen LogP contribution < -0.4 is 4.72 Å². The average molecular weight is 264 g/mol. The second-order valence-corrected chi connectivity index (χ2v) is 6.84. The molecule has 0 aliphatic carbocycles. The summed E-state index contributed by atoms with van der Waals surface area (Å²) in [6.07, 6.45) is 1.18. The van der Waals surface area contributed by atoms with E-state index in [1.54, 1.807) is 20.8 Å². The van der Waals surface area contributed by atoms with Crippen molar-refractivity contribution < 1.29 is 17.9 Å². The lowest BCUT2D eigenvalue weighted by molar-refractivity contribution is -0.158. The van der Waals surface area contributed by atoms with Gasteiger partial charge in [0, 0.05) is 13.6 Å². The van der Waals surface area contributed by atoms with Gasteiger partial charge in [0.1, 0.15) is 11.6 Å². The average Bonchev–Trinajstić information content (AvgIpc) is 2.63. The number of ether oxygens (including phenoxy) is 1. The van der Waals surface area contributed by atoms with Gasteiger partial charge in [0.15, 0.2) is 0 Å². The van der Waals surface area contributed by atoms with Crippen molar-refractivity contribution in [3.05, 3.63) is 0 Å². The number of carbonyl (C=O) groups excluding carboxylic acids is 1. The first-order chi connectivity index (χ1) is 7.67. The highest BCUT2D eigenvalue weighted by Crippen LogP contribution is 2.23. The van der Waals surface area contributed by atoms with E-state index in [0.29, 0.717) is 19.4 Å². The van der Waals surface area contributed by atoms with Gasteiger partial charge < -0.3 is 4.74 Å². The molecule has 1 aliphatic rings. The zero-order valence-electron chi connectivity index (χ0n) is 10.7. The van der Waals surface area contributed by atoms with Crippen molar-refractivity contribution in [1.82, 2.24) is 9.03 Å². The molecule has 1 N–H and O–H groups in total. The minimum Gasteiger partial charge on any atom is -0.459 e. The first kappa shape index (κ1) is 14.4. The maximum atomic E-state index is 11.9. The van der Waals surface area contributed by atoms with E-state index in [-0.39, 0.29) is 0 Å². The molecule has 0 bridgehead atoms. The molecule has 1 saturated heterocycles. The number of nitrogens with zero attached hydrogens (tertiary/aromatic N) is 1. The van der Waals surface area contributed by atoms with E-state index in [1.165, 1.54) is 11.4 Å². The summed E-state index contributed by atoms with van der Waals surface area (Å²) in [7, 11) is -2.23. The van der Waals surface area contributed by atoms with Gasteiger partial charge in [0.05, 0.1) is 0 Å². The van der Waals surface area contributed by atoms with Crippen LogP contribution in [-0.4, -0.2) is 43.9 Å². The monoisotopic (exact) mass is 264 g/mol. The van der Waals surface area contributed by atoms with Crippen LogP contribution in [0.1, 0.15) is 33.6 Å². The Labute approximate surface area is 102 Å². The molecule has 1 fully saturated rings. The molecular weight excluding hydrogens is 244 g/mol. The van der Waals surface area contributed by atoms with Crippen LogP contribution in [0.25, 0.3) is 0 Å². The first-order valence-electron chi connectivity index (χ1n) is 5.60. The Hall–Kier alpha value is -0.660. The number of esters is 1. The zero-order valence-corrected chi connectivity index (χ0v) is 11.5. The molecule has 7 heteroatoms. The molecule has 0 radical (unpaired) electrons. The van der Waals surface area contributed by atoms with Crippen molar-refractivity contribution >= 4 is 16.2 Å². The molecule has 0 aromatic rings. The third-order valence-electron chi connectivity index (χ3n) is 2.45. The van der Waals surface area contributed by atoms with Crippen LogP contribution in [0.5, 0.6) is 0 Å². The molecule has 0 unspecified atom stereocenters. The van der Waals surface area contributed by atoms with E-state index in [4.69, 9.17) is 4.74 Å². The minimum absolute atomic E-state index is 0.354. The Morgan fingerprint density at radius 3 is 2.47 bits per heavy atom. The maximum absolute atomic E-state index is 11.9. The lowest BCUT2D eigenvalue weighted by Gasteiger charge is -2.26. The molecule has 0 spiro atoms. The van der Waals surface area contributed by atoms with Gasteiger partial charge in [0.2, 0.25) is 0 Å². The Kier molecular flexibility index (Phi) is 4.16. The third kappa shape index (κ3) is 3.65. The fraction of sp³-hybridized carbons (Fsp3) is 0.900. The largest absolute Gasteiger partial charge is 0.459 e. The Morgan fingerprint density at radius 2 is 2.00 bits per heavy atom. The fourth-order valence-electron chi connectivity index (χ4n) is 1.75. The molecule has 17 heavy (non-hydrogen) atoms. The molecule has 1 atom stereocenters. The third-order valence-corrected chi connectivity index (χ3v) is 4.02. The van der Waals surface area contributed by atoms with Crippen molar-refractivity contribution in [2.75, 3.05) is 13.6 Å². The lowest BCUT2D eigenvalue weighted by atomic mass is 10.2. The van der Waals surface area contributed by atoms with E-state index < -0.39 is 27.8 Å². The summed E-state index contributed by atoms with van der Waals surface area (Å²) in [4.78, 5) is 11.9. The number of carbonyl (C=O) groups is 1. The fourth-order valence-corrected chi connectivity index (χ4v) is 2.88. The highest BCUT2D eigenvalue weighted by atomic mass is 32.2. The Bertz CT molecular complexity index is 386. The van der Waals surface area contributed by atoms with Crippen LogP contribution in [0.3, 0.4) is 0 Å².